The molecule has 11 heteroatoms. The Morgan fingerprint density at radius 2 is 1.97 bits per heavy atom. The highest BCUT2D eigenvalue weighted by Crippen LogP contribution is 2.40. The Morgan fingerprint density at radius 1 is 1.21 bits per heavy atom. The first kappa shape index (κ1) is 22.6. The van der Waals surface area contributed by atoms with E-state index in [1.807, 2.05) is 35.1 Å². The summed E-state index contributed by atoms with van der Waals surface area (Å²) in [6, 6.07) is 12.4. The highest BCUT2D eigenvalue weighted by Gasteiger charge is 2.15. The molecule has 4 N–H and O–H groups in total. The van der Waals surface area contributed by atoms with Crippen LogP contribution < -0.4 is 15.8 Å². The smallest absolute Gasteiger partial charge is 0.238 e. The number of nitrogens with one attached hydrogen (secondary N) is 2. The second-order valence-corrected chi connectivity index (χ2v) is 10.4. The largest absolute Gasteiger partial charge is 0.338 e. The van der Waals surface area contributed by atoms with Gasteiger partial charge in [-0.2, -0.15) is 10.2 Å². The van der Waals surface area contributed by atoms with Crippen LogP contribution in [-0.2, 0) is 10.0 Å². The maximum Gasteiger partial charge on any atom is 0.238 e. The second-order valence-electron chi connectivity index (χ2n) is 7.12. The van der Waals surface area contributed by atoms with Crippen LogP contribution in [0.4, 0.5) is 27.5 Å². The number of primary sulfonamides is 1. The Labute approximate surface area is 193 Å². The molecule has 0 fully saturated rings. The molecule has 1 atom stereocenters. The summed E-state index contributed by atoms with van der Waals surface area (Å²) in [5, 5.41) is 23.9. The lowest BCUT2D eigenvalue weighted by atomic mass is 10.2. The highest BCUT2D eigenvalue weighted by molar-refractivity contribution is 8.18. The van der Waals surface area contributed by atoms with Gasteiger partial charge < -0.3 is 10.6 Å². The summed E-state index contributed by atoms with van der Waals surface area (Å²) in [7, 11) is -4.11. The van der Waals surface area contributed by atoms with E-state index in [1.165, 1.54) is 6.07 Å². The molecule has 33 heavy (non-hydrogen) atoms. The van der Waals surface area contributed by atoms with Gasteiger partial charge in [0.05, 0.1) is 23.6 Å². The fraction of sp³-hybridized carbons (Fsp3) is 0.0909. The lowest BCUT2D eigenvalue weighted by Gasteiger charge is -2.12. The quantitative estimate of drug-likeness (QED) is 0.444. The van der Waals surface area contributed by atoms with Crippen LogP contribution in [0.25, 0.3) is 6.08 Å². The van der Waals surface area contributed by atoms with Crippen molar-refractivity contribution in [2.45, 2.75) is 23.1 Å². The molecule has 0 aliphatic carbocycles. The third-order valence-electron chi connectivity index (χ3n) is 4.77. The SMILES string of the molecule is Cc1ccc(Nc2ncc(F)c(Nc3ccc4c(c3)C=CS4=CCC#N)n2)cc1S(N)(=O)=O. The molecule has 1 aliphatic heterocycles. The molecular formula is C22H19FN6O2S2. The molecule has 1 aliphatic rings. The fourth-order valence-corrected chi connectivity index (χ4v) is 5.65. The first-order valence-electron chi connectivity index (χ1n) is 9.69. The summed E-state index contributed by atoms with van der Waals surface area (Å²) in [5.74, 6) is -0.604. The summed E-state index contributed by atoms with van der Waals surface area (Å²) < 4.78 is 37.9. The van der Waals surface area contributed by atoms with Crippen LogP contribution in [0.1, 0.15) is 17.5 Å². The van der Waals surface area contributed by atoms with Gasteiger partial charge in [0.15, 0.2) is 11.6 Å². The van der Waals surface area contributed by atoms with Crippen LogP contribution in [0.15, 0.2) is 57.8 Å². The number of nitrogens with zero attached hydrogens (tertiary/aromatic N) is 3. The third kappa shape index (κ3) is 5.09. The van der Waals surface area contributed by atoms with Gasteiger partial charge in [-0.1, -0.05) is 6.07 Å². The Bertz CT molecular complexity index is 1460. The number of rotatable bonds is 6. The van der Waals surface area contributed by atoms with Crippen molar-refractivity contribution in [3.05, 3.63) is 64.9 Å². The van der Waals surface area contributed by atoms with Gasteiger partial charge in [0.25, 0.3) is 0 Å². The van der Waals surface area contributed by atoms with Crippen molar-refractivity contribution >= 4 is 55.1 Å². The number of anilines is 4. The molecule has 1 aromatic heterocycles. The normalized spacial score (nSPS) is 14.7. The molecule has 0 radical (unpaired) electrons. The van der Waals surface area contributed by atoms with E-state index in [2.05, 4.69) is 26.7 Å². The fourth-order valence-electron chi connectivity index (χ4n) is 3.23. The van der Waals surface area contributed by atoms with Crippen LogP contribution in [0.3, 0.4) is 0 Å². The minimum absolute atomic E-state index is 0.0230. The number of sulfonamides is 1. The number of hydrogen-bond acceptors (Lipinski definition) is 7. The van der Waals surface area contributed by atoms with Crippen molar-refractivity contribution in [1.82, 2.24) is 9.97 Å². The molecule has 0 amide bonds. The lowest BCUT2D eigenvalue weighted by Crippen LogP contribution is -2.14. The van der Waals surface area contributed by atoms with E-state index in [9.17, 15) is 12.8 Å². The zero-order valence-electron chi connectivity index (χ0n) is 17.4. The number of aryl methyl sites for hydroxylation is 1. The molecule has 3 aromatic rings. The molecule has 0 bridgehead atoms. The van der Waals surface area contributed by atoms with Gasteiger partial charge >= 0.3 is 0 Å². The molecule has 4 rings (SSSR count). The summed E-state index contributed by atoms with van der Waals surface area (Å²) in [6.45, 7) is 1.63. The van der Waals surface area contributed by atoms with Gasteiger partial charge in [-0.05, 0) is 65.2 Å². The Morgan fingerprint density at radius 3 is 2.73 bits per heavy atom. The maximum absolute atomic E-state index is 14.4. The van der Waals surface area contributed by atoms with E-state index in [4.69, 9.17) is 10.4 Å². The summed E-state index contributed by atoms with van der Waals surface area (Å²) in [5.41, 5.74) is 2.52. The van der Waals surface area contributed by atoms with Crippen molar-refractivity contribution in [1.29, 1.82) is 5.26 Å². The maximum atomic E-state index is 14.4. The number of hydrogen-bond donors (Lipinski definition) is 3. The van der Waals surface area contributed by atoms with Crippen LogP contribution in [0.2, 0.25) is 0 Å². The van der Waals surface area contributed by atoms with E-state index in [-0.39, 0.29) is 27.1 Å². The van der Waals surface area contributed by atoms with E-state index in [1.54, 1.807) is 19.1 Å². The number of benzene rings is 2. The predicted molar refractivity (Wildman–Crippen MR) is 129 cm³/mol. The van der Waals surface area contributed by atoms with Gasteiger partial charge in [0, 0.05) is 16.3 Å². The minimum Gasteiger partial charge on any atom is -0.338 e. The molecular weight excluding hydrogens is 463 g/mol. The van der Waals surface area contributed by atoms with Crippen molar-refractivity contribution in [2.75, 3.05) is 10.6 Å². The minimum atomic E-state index is -3.89. The van der Waals surface area contributed by atoms with E-state index >= 15 is 0 Å². The van der Waals surface area contributed by atoms with E-state index in [0.717, 1.165) is 16.7 Å². The van der Waals surface area contributed by atoms with Crippen molar-refractivity contribution in [3.8, 4) is 6.07 Å². The molecule has 8 nitrogen and oxygen atoms in total. The first-order valence-corrected chi connectivity index (χ1v) is 12.6. The zero-order valence-corrected chi connectivity index (χ0v) is 19.0. The second kappa shape index (κ2) is 9.11. The predicted octanol–water partition coefficient (Wildman–Crippen LogP) is 4.39. The first-order chi connectivity index (χ1) is 15.7. The van der Waals surface area contributed by atoms with Gasteiger partial charge in [-0.3, -0.25) is 0 Å². The molecule has 0 saturated carbocycles. The van der Waals surface area contributed by atoms with Crippen LogP contribution >= 0.6 is 10.5 Å². The van der Waals surface area contributed by atoms with Gasteiger partial charge in [-0.15, -0.1) is 10.5 Å². The summed E-state index contributed by atoms with van der Waals surface area (Å²) in [4.78, 5) is 9.19. The van der Waals surface area contributed by atoms with Gasteiger partial charge in [-0.25, -0.2) is 22.9 Å². The van der Waals surface area contributed by atoms with Gasteiger partial charge in [0.1, 0.15) is 0 Å². The monoisotopic (exact) mass is 482 g/mol. The molecule has 2 heterocycles. The average molecular weight is 483 g/mol. The van der Waals surface area contributed by atoms with Crippen molar-refractivity contribution in [2.24, 2.45) is 5.14 Å². The summed E-state index contributed by atoms with van der Waals surface area (Å²) >= 11 is 0. The molecule has 2 aromatic carbocycles. The Balaban J connectivity index is 1.57. The van der Waals surface area contributed by atoms with Gasteiger partial charge in [0.2, 0.25) is 16.0 Å². The van der Waals surface area contributed by atoms with E-state index in [0.29, 0.717) is 23.4 Å². The molecule has 1 unspecified atom stereocenters. The third-order valence-corrected chi connectivity index (χ3v) is 7.66. The van der Waals surface area contributed by atoms with Crippen LogP contribution in [-0.4, -0.2) is 23.8 Å². The molecule has 168 valence electrons. The standard InChI is InChI=1S/C22H19FN6O2S2/c1-14-3-4-17(12-20(14)33(25,30)31)28-22-26-13-18(23)21(29-22)27-16-5-6-19-15(11-16)7-10-32(19)9-2-8-24/h3-7,9-13H,2H2,1H3,(H2,25,30,31)(H2,26,27,28,29). The Kier molecular flexibility index (Phi) is 6.24. The number of fused-ring (bicyclic) bond motifs is 1. The zero-order chi connectivity index (χ0) is 23.6. The lowest BCUT2D eigenvalue weighted by molar-refractivity contribution is 0.597. The summed E-state index contributed by atoms with van der Waals surface area (Å²) in [6.07, 6.45) is 3.36. The number of nitrogens with two attached hydrogens (primary N) is 1. The van der Waals surface area contributed by atoms with Crippen molar-refractivity contribution in [3.63, 3.8) is 0 Å². The molecule has 0 spiro atoms. The topological polar surface area (TPSA) is 134 Å². The Hall–Kier alpha value is -3.59. The van der Waals surface area contributed by atoms with Crippen molar-refractivity contribution < 1.29 is 12.8 Å². The van der Waals surface area contributed by atoms with E-state index < -0.39 is 15.8 Å². The molecule has 0 saturated heterocycles. The highest BCUT2D eigenvalue weighted by atomic mass is 32.2. The number of aromatic nitrogens is 2. The number of nitriles is 1. The number of halogens is 1. The van der Waals surface area contributed by atoms with Crippen LogP contribution in [0.5, 0.6) is 0 Å². The average Bonchev–Trinajstić information content (AvgIpc) is 3.17. The van der Waals surface area contributed by atoms with Crippen LogP contribution in [0, 0.1) is 24.1 Å².